The van der Waals surface area contributed by atoms with Crippen LogP contribution in [0.1, 0.15) is 22.0 Å². The Morgan fingerprint density at radius 3 is 2.74 bits per heavy atom. The monoisotopic (exact) mass is 378 g/mol. The van der Waals surface area contributed by atoms with E-state index in [2.05, 4.69) is 34.3 Å². The molecule has 1 unspecified atom stereocenters. The summed E-state index contributed by atoms with van der Waals surface area (Å²) in [5, 5.41) is 1.16. The van der Waals surface area contributed by atoms with Crippen molar-refractivity contribution in [3.8, 4) is 0 Å². The van der Waals surface area contributed by atoms with Gasteiger partial charge in [-0.3, -0.25) is 11.3 Å². The van der Waals surface area contributed by atoms with Crippen molar-refractivity contribution in [1.29, 1.82) is 0 Å². The molecule has 0 radical (unpaired) electrons. The molecule has 0 aliphatic rings. The van der Waals surface area contributed by atoms with E-state index < -0.39 is 0 Å². The van der Waals surface area contributed by atoms with E-state index in [1.165, 1.54) is 10.4 Å². The minimum absolute atomic E-state index is 0.0194. The molecule has 0 aliphatic carbocycles. The number of hydrazine groups is 1. The highest BCUT2D eigenvalue weighted by Crippen LogP contribution is 2.34. The van der Waals surface area contributed by atoms with Crippen molar-refractivity contribution in [1.82, 2.24) is 5.43 Å². The summed E-state index contributed by atoms with van der Waals surface area (Å²) in [6.07, 6.45) is 0.697. The van der Waals surface area contributed by atoms with Crippen LogP contribution >= 0.6 is 50.5 Å². The molecule has 0 saturated carbocycles. The van der Waals surface area contributed by atoms with Gasteiger partial charge in [0.1, 0.15) is 0 Å². The van der Waals surface area contributed by atoms with E-state index in [-0.39, 0.29) is 6.04 Å². The number of rotatable bonds is 4. The van der Waals surface area contributed by atoms with Crippen LogP contribution < -0.4 is 11.3 Å². The molecule has 2 rings (SSSR count). The molecule has 0 spiro atoms. The molecule has 3 N–H and O–H groups in total. The maximum Gasteiger partial charge on any atom is 0.0731 e. The highest BCUT2D eigenvalue weighted by Gasteiger charge is 2.16. The lowest BCUT2D eigenvalue weighted by Gasteiger charge is -2.15. The van der Waals surface area contributed by atoms with E-state index in [0.717, 1.165) is 9.35 Å². The molecule has 0 saturated heterocycles. The molecular formula is C13H13BrCl2N2S. The van der Waals surface area contributed by atoms with Gasteiger partial charge in [-0.15, -0.1) is 11.3 Å². The molecule has 0 amide bonds. The van der Waals surface area contributed by atoms with Crippen LogP contribution in [-0.2, 0) is 6.42 Å². The second-order valence-electron chi connectivity index (χ2n) is 4.24. The quantitative estimate of drug-likeness (QED) is 0.587. The first-order valence-electron chi connectivity index (χ1n) is 5.67. The fourth-order valence-electron chi connectivity index (χ4n) is 1.82. The van der Waals surface area contributed by atoms with Crippen LogP contribution in [0.25, 0.3) is 0 Å². The van der Waals surface area contributed by atoms with Gasteiger partial charge in [0.25, 0.3) is 0 Å². The SMILES string of the molecule is Cc1cc(C(Cc2cccc(Cl)c2Cl)NN)sc1Br. The molecule has 1 aromatic heterocycles. The lowest BCUT2D eigenvalue weighted by Crippen LogP contribution is -2.29. The summed E-state index contributed by atoms with van der Waals surface area (Å²) in [5.41, 5.74) is 5.03. The molecule has 1 heterocycles. The highest BCUT2D eigenvalue weighted by atomic mass is 79.9. The number of nitrogens with one attached hydrogen (secondary N) is 1. The Balaban J connectivity index is 2.26. The normalized spacial score (nSPS) is 12.7. The Morgan fingerprint density at radius 2 is 2.16 bits per heavy atom. The van der Waals surface area contributed by atoms with Crippen LogP contribution in [0.15, 0.2) is 28.1 Å². The molecule has 2 aromatic rings. The summed E-state index contributed by atoms with van der Waals surface area (Å²) >= 11 is 17.4. The third kappa shape index (κ3) is 3.51. The fourth-order valence-corrected chi connectivity index (χ4v) is 3.85. The maximum absolute atomic E-state index is 6.21. The van der Waals surface area contributed by atoms with Gasteiger partial charge in [0.05, 0.1) is 19.9 Å². The zero-order valence-electron chi connectivity index (χ0n) is 10.2. The van der Waals surface area contributed by atoms with Crippen molar-refractivity contribution in [2.45, 2.75) is 19.4 Å². The largest absolute Gasteiger partial charge is 0.271 e. The first kappa shape index (κ1) is 15.3. The van der Waals surface area contributed by atoms with E-state index in [1.54, 1.807) is 17.4 Å². The molecule has 2 nitrogen and oxygen atoms in total. The lowest BCUT2D eigenvalue weighted by molar-refractivity contribution is 0.560. The predicted octanol–water partition coefficient (Wildman–Crippen LogP) is 4.87. The predicted molar refractivity (Wildman–Crippen MR) is 87.0 cm³/mol. The van der Waals surface area contributed by atoms with Gasteiger partial charge in [-0.2, -0.15) is 0 Å². The smallest absolute Gasteiger partial charge is 0.0731 e. The van der Waals surface area contributed by atoms with Crippen molar-refractivity contribution in [2.24, 2.45) is 5.84 Å². The Hall–Kier alpha value is -0.100. The molecule has 102 valence electrons. The van der Waals surface area contributed by atoms with Gasteiger partial charge >= 0.3 is 0 Å². The van der Waals surface area contributed by atoms with Crippen molar-refractivity contribution < 1.29 is 0 Å². The summed E-state index contributed by atoms with van der Waals surface area (Å²) in [7, 11) is 0. The minimum atomic E-state index is 0.0194. The number of halogens is 3. The Kier molecular flexibility index (Phi) is 5.29. The number of nitrogens with two attached hydrogens (primary N) is 1. The van der Waals surface area contributed by atoms with Crippen LogP contribution in [0.3, 0.4) is 0 Å². The van der Waals surface area contributed by atoms with Gasteiger partial charge in [0.15, 0.2) is 0 Å². The van der Waals surface area contributed by atoms with E-state index in [1.807, 2.05) is 12.1 Å². The Morgan fingerprint density at radius 1 is 1.42 bits per heavy atom. The molecule has 0 fully saturated rings. The van der Waals surface area contributed by atoms with E-state index in [0.29, 0.717) is 16.5 Å². The molecule has 1 atom stereocenters. The summed E-state index contributed by atoms with van der Waals surface area (Å²) < 4.78 is 1.12. The lowest BCUT2D eigenvalue weighted by atomic mass is 10.0. The number of hydrogen-bond acceptors (Lipinski definition) is 3. The van der Waals surface area contributed by atoms with Crippen LogP contribution in [-0.4, -0.2) is 0 Å². The fraction of sp³-hybridized carbons (Fsp3) is 0.231. The van der Waals surface area contributed by atoms with E-state index >= 15 is 0 Å². The van der Waals surface area contributed by atoms with Gasteiger partial charge in [-0.1, -0.05) is 35.3 Å². The van der Waals surface area contributed by atoms with Crippen LogP contribution in [0.5, 0.6) is 0 Å². The second kappa shape index (κ2) is 6.57. The number of benzene rings is 1. The number of thiophene rings is 1. The average Bonchev–Trinajstić information content (AvgIpc) is 2.71. The van der Waals surface area contributed by atoms with Gasteiger partial charge in [-0.05, 0) is 52.5 Å². The zero-order valence-corrected chi connectivity index (χ0v) is 14.1. The third-order valence-corrected chi connectivity index (χ3v) is 5.98. The van der Waals surface area contributed by atoms with Crippen LogP contribution in [0.2, 0.25) is 10.0 Å². The van der Waals surface area contributed by atoms with Gasteiger partial charge < -0.3 is 0 Å². The van der Waals surface area contributed by atoms with Gasteiger partial charge in [-0.25, -0.2) is 0 Å². The summed E-state index contributed by atoms with van der Waals surface area (Å²) in [4.78, 5) is 1.17. The van der Waals surface area contributed by atoms with Crippen molar-refractivity contribution in [3.05, 3.63) is 54.1 Å². The highest BCUT2D eigenvalue weighted by molar-refractivity contribution is 9.11. The van der Waals surface area contributed by atoms with Crippen LogP contribution in [0.4, 0.5) is 0 Å². The third-order valence-electron chi connectivity index (χ3n) is 2.88. The molecular weight excluding hydrogens is 367 g/mol. The number of aryl methyl sites for hydroxylation is 1. The van der Waals surface area contributed by atoms with Crippen LogP contribution in [0, 0.1) is 6.92 Å². The minimum Gasteiger partial charge on any atom is -0.271 e. The summed E-state index contributed by atoms with van der Waals surface area (Å²) in [6.45, 7) is 2.06. The van der Waals surface area contributed by atoms with Crippen molar-refractivity contribution in [2.75, 3.05) is 0 Å². The zero-order chi connectivity index (χ0) is 14.0. The van der Waals surface area contributed by atoms with Crippen molar-refractivity contribution >= 4 is 50.5 Å². The van der Waals surface area contributed by atoms with E-state index in [9.17, 15) is 0 Å². The molecule has 0 bridgehead atoms. The molecule has 1 aromatic carbocycles. The molecule has 0 aliphatic heterocycles. The second-order valence-corrected chi connectivity index (χ2v) is 7.43. The summed E-state index contributed by atoms with van der Waals surface area (Å²) in [5.74, 6) is 5.67. The number of hydrogen-bond donors (Lipinski definition) is 2. The Bertz CT molecular complexity index is 567. The first-order chi connectivity index (χ1) is 9.02. The Labute approximate surface area is 135 Å². The molecule has 19 heavy (non-hydrogen) atoms. The standard InChI is InChI=1S/C13H13BrCl2N2S/c1-7-5-11(19-13(7)14)10(18-17)6-8-3-2-4-9(15)12(8)16/h2-5,10,18H,6,17H2,1H3. The average molecular weight is 380 g/mol. The van der Waals surface area contributed by atoms with Gasteiger partial charge in [0.2, 0.25) is 0 Å². The topological polar surface area (TPSA) is 38.0 Å². The van der Waals surface area contributed by atoms with Crippen molar-refractivity contribution in [3.63, 3.8) is 0 Å². The first-order valence-corrected chi connectivity index (χ1v) is 8.04. The molecule has 6 heteroatoms. The van der Waals surface area contributed by atoms with Gasteiger partial charge in [0, 0.05) is 4.88 Å². The summed E-state index contributed by atoms with van der Waals surface area (Å²) in [6, 6.07) is 7.79. The van der Waals surface area contributed by atoms with E-state index in [4.69, 9.17) is 29.0 Å². The maximum atomic E-state index is 6.21.